The lowest BCUT2D eigenvalue weighted by Crippen LogP contribution is -2.37. The Hall–Kier alpha value is -1.21. The summed E-state index contributed by atoms with van der Waals surface area (Å²) in [5, 5.41) is 20.7. The van der Waals surface area contributed by atoms with Crippen LogP contribution in [0.15, 0.2) is 12.1 Å². The number of ether oxygens (including phenoxy) is 1. The van der Waals surface area contributed by atoms with Gasteiger partial charge in [0.05, 0.1) is 16.2 Å². The van der Waals surface area contributed by atoms with E-state index in [9.17, 15) is 14.3 Å². The van der Waals surface area contributed by atoms with Gasteiger partial charge in [-0.15, -0.1) is 0 Å². The maximum atomic E-state index is 13.7. The molecule has 0 aliphatic carbocycles. The first-order valence-electron chi connectivity index (χ1n) is 5.90. The molecule has 0 radical (unpaired) electrons. The summed E-state index contributed by atoms with van der Waals surface area (Å²) < 4.78 is 18.9. The van der Waals surface area contributed by atoms with E-state index in [2.05, 4.69) is 5.32 Å². The van der Waals surface area contributed by atoms with Crippen molar-refractivity contribution < 1.29 is 24.1 Å². The van der Waals surface area contributed by atoms with E-state index >= 15 is 0 Å². The van der Waals surface area contributed by atoms with E-state index in [1.165, 1.54) is 0 Å². The Bertz CT molecular complexity index is 502. The second kappa shape index (κ2) is 6.49. The largest absolute Gasteiger partial charge is 0.478 e. The van der Waals surface area contributed by atoms with Crippen molar-refractivity contribution in [2.75, 3.05) is 0 Å². The Labute approximate surface area is 121 Å². The topological polar surface area (TPSA) is 78.8 Å². The molecule has 0 aliphatic rings. The minimum atomic E-state index is -1.30. The van der Waals surface area contributed by atoms with E-state index in [4.69, 9.17) is 21.4 Å². The molecule has 0 saturated heterocycles. The second-order valence-electron chi connectivity index (χ2n) is 5.20. The van der Waals surface area contributed by atoms with Gasteiger partial charge in [0.25, 0.3) is 0 Å². The molecule has 0 heterocycles. The number of aliphatic hydroxyl groups is 1. The van der Waals surface area contributed by atoms with Gasteiger partial charge in [0.15, 0.2) is 0 Å². The smallest absolute Gasteiger partial charge is 0.335 e. The van der Waals surface area contributed by atoms with E-state index in [0.29, 0.717) is 0 Å². The molecule has 1 atom stereocenters. The van der Waals surface area contributed by atoms with Crippen molar-refractivity contribution in [1.29, 1.82) is 0 Å². The number of carboxylic acids is 1. The van der Waals surface area contributed by atoms with Crippen LogP contribution in [-0.2, 0) is 11.3 Å². The zero-order chi connectivity index (χ0) is 15.5. The van der Waals surface area contributed by atoms with Crippen LogP contribution in [0.4, 0.5) is 4.39 Å². The Morgan fingerprint density at radius 1 is 1.50 bits per heavy atom. The molecule has 1 unspecified atom stereocenters. The summed E-state index contributed by atoms with van der Waals surface area (Å²) in [5.74, 6) is -1.94. The molecule has 0 bridgehead atoms. The zero-order valence-electron chi connectivity index (χ0n) is 11.4. The molecule has 0 saturated carbocycles. The molecule has 3 N–H and O–H groups in total. The molecule has 1 aromatic carbocycles. The van der Waals surface area contributed by atoms with Crippen LogP contribution in [0.3, 0.4) is 0 Å². The van der Waals surface area contributed by atoms with Crippen molar-refractivity contribution in [3.05, 3.63) is 34.1 Å². The minimum absolute atomic E-state index is 0.0338. The van der Waals surface area contributed by atoms with Crippen LogP contribution in [0.1, 0.15) is 36.7 Å². The number of halogens is 2. The Morgan fingerprint density at radius 2 is 2.10 bits per heavy atom. The average Bonchev–Trinajstić information content (AvgIpc) is 2.28. The van der Waals surface area contributed by atoms with Crippen LogP contribution in [0.5, 0.6) is 0 Å². The SMILES string of the molecule is CC(C)(C)OC(O)NCc1cc(C(=O)O)cc(Cl)c1F. The van der Waals surface area contributed by atoms with Crippen molar-refractivity contribution in [1.82, 2.24) is 5.32 Å². The molecule has 0 aromatic heterocycles. The lowest BCUT2D eigenvalue weighted by molar-refractivity contribution is -0.182. The van der Waals surface area contributed by atoms with Gasteiger partial charge in [-0.3, -0.25) is 5.32 Å². The highest BCUT2D eigenvalue weighted by Crippen LogP contribution is 2.21. The lowest BCUT2D eigenvalue weighted by atomic mass is 10.1. The number of carboxylic acid groups (broad SMARTS) is 1. The molecule has 20 heavy (non-hydrogen) atoms. The lowest BCUT2D eigenvalue weighted by Gasteiger charge is -2.24. The molecular formula is C13H17ClFNO4. The molecule has 0 aliphatic heterocycles. The fraction of sp³-hybridized carbons (Fsp3) is 0.462. The molecular weight excluding hydrogens is 289 g/mol. The molecule has 1 rings (SSSR count). The van der Waals surface area contributed by atoms with Crippen molar-refractivity contribution in [3.63, 3.8) is 0 Å². The molecule has 5 nitrogen and oxygen atoms in total. The maximum Gasteiger partial charge on any atom is 0.335 e. The van der Waals surface area contributed by atoms with Crippen LogP contribution < -0.4 is 5.32 Å². The van der Waals surface area contributed by atoms with Crippen LogP contribution in [0, 0.1) is 5.82 Å². The number of rotatable bonds is 5. The highest BCUT2D eigenvalue weighted by atomic mass is 35.5. The van der Waals surface area contributed by atoms with E-state index in [0.717, 1.165) is 12.1 Å². The van der Waals surface area contributed by atoms with Crippen molar-refractivity contribution in [2.24, 2.45) is 0 Å². The third-order valence-electron chi connectivity index (χ3n) is 2.28. The number of aliphatic hydroxyl groups excluding tert-OH is 1. The van der Waals surface area contributed by atoms with Gasteiger partial charge in [0.1, 0.15) is 5.82 Å². The van der Waals surface area contributed by atoms with Crippen molar-refractivity contribution >= 4 is 17.6 Å². The summed E-state index contributed by atoms with van der Waals surface area (Å²) in [6.45, 7) is 5.13. The summed E-state index contributed by atoms with van der Waals surface area (Å²) >= 11 is 5.62. The van der Waals surface area contributed by atoms with E-state index < -0.39 is 23.8 Å². The highest BCUT2D eigenvalue weighted by molar-refractivity contribution is 6.31. The quantitative estimate of drug-likeness (QED) is 0.728. The highest BCUT2D eigenvalue weighted by Gasteiger charge is 2.18. The third kappa shape index (κ3) is 5.05. The number of aromatic carboxylic acids is 1. The fourth-order valence-corrected chi connectivity index (χ4v) is 1.71. The van der Waals surface area contributed by atoms with E-state index in [1.807, 2.05) is 0 Å². The van der Waals surface area contributed by atoms with Gasteiger partial charge in [-0.05, 0) is 32.9 Å². The summed E-state index contributed by atoms with van der Waals surface area (Å²) in [7, 11) is 0. The number of hydrogen-bond donors (Lipinski definition) is 3. The molecule has 0 spiro atoms. The van der Waals surface area contributed by atoms with Gasteiger partial charge in [0, 0.05) is 12.1 Å². The molecule has 7 heteroatoms. The summed E-state index contributed by atoms with van der Waals surface area (Å²) in [6.07, 6.45) is -1.30. The Kier molecular flexibility index (Phi) is 5.47. The van der Waals surface area contributed by atoms with Crippen molar-refractivity contribution in [2.45, 2.75) is 39.3 Å². The van der Waals surface area contributed by atoms with Crippen molar-refractivity contribution in [3.8, 4) is 0 Å². The summed E-state index contributed by atoms with van der Waals surface area (Å²) in [6, 6.07) is 2.19. The Balaban J connectivity index is 2.80. The first-order valence-corrected chi connectivity index (χ1v) is 6.28. The number of hydrogen-bond acceptors (Lipinski definition) is 4. The van der Waals surface area contributed by atoms with Gasteiger partial charge in [-0.25, -0.2) is 9.18 Å². The van der Waals surface area contributed by atoms with Crippen LogP contribution in [-0.4, -0.2) is 28.2 Å². The average molecular weight is 306 g/mol. The molecule has 112 valence electrons. The van der Waals surface area contributed by atoms with E-state index in [-0.39, 0.29) is 22.7 Å². The maximum absolute atomic E-state index is 13.7. The van der Waals surface area contributed by atoms with Gasteiger partial charge in [-0.2, -0.15) is 0 Å². The Morgan fingerprint density at radius 3 is 2.60 bits per heavy atom. The monoisotopic (exact) mass is 305 g/mol. The predicted octanol–water partition coefficient (Wildman–Crippen LogP) is 2.36. The number of benzene rings is 1. The number of nitrogens with one attached hydrogen (secondary N) is 1. The number of carbonyl (C=O) groups is 1. The second-order valence-corrected chi connectivity index (χ2v) is 5.61. The summed E-state index contributed by atoms with van der Waals surface area (Å²) in [4.78, 5) is 10.9. The molecule has 0 fully saturated rings. The van der Waals surface area contributed by atoms with Gasteiger partial charge in [0.2, 0.25) is 6.41 Å². The third-order valence-corrected chi connectivity index (χ3v) is 2.56. The first-order chi connectivity index (χ1) is 9.10. The molecule has 1 aromatic rings. The predicted molar refractivity (Wildman–Crippen MR) is 72.1 cm³/mol. The van der Waals surface area contributed by atoms with Gasteiger partial charge in [-0.1, -0.05) is 11.6 Å². The van der Waals surface area contributed by atoms with Crippen LogP contribution >= 0.6 is 11.6 Å². The summed E-state index contributed by atoms with van der Waals surface area (Å²) in [5.41, 5.74) is -0.670. The fourth-order valence-electron chi connectivity index (χ4n) is 1.47. The van der Waals surface area contributed by atoms with Gasteiger partial charge < -0.3 is 14.9 Å². The first kappa shape index (κ1) is 16.8. The van der Waals surface area contributed by atoms with E-state index in [1.54, 1.807) is 20.8 Å². The standard InChI is InChI=1S/C13H17ClFNO4/c1-13(2,3)20-12(19)16-6-8-4-7(11(17)18)5-9(14)10(8)15/h4-5,12,16,19H,6H2,1-3H3,(H,17,18). The van der Waals surface area contributed by atoms with Gasteiger partial charge >= 0.3 is 5.97 Å². The van der Waals surface area contributed by atoms with Crippen LogP contribution in [0.25, 0.3) is 0 Å². The zero-order valence-corrected chi connectivity index (χ0v) is 12.2. The molecule has 0 amide bonds. The minimum Gasteiger partial charge on any atom is -0.478 e. The normalized spacial score (nSPS) is 13.3. The van der Waals surface area contributed by atoms with Crippen LogP contribution in [0.2, 0.25) is 5.02 Å².